The van der Waals surface area contributed by atoms with Gasteiger partial charge in [0.15, 0.2) is 0 Å². The van der Waals surface area contributed by atoms with E-state index in [1.807, 2.05) is 29.9 Å². The Morgan fingerprint density at radius 1 is 1.32 bits per heavy atom. The van der Waals surface area contributed by atoms with Crippen molar-refractivity contribution in [2.24, 2.45) is 0 Å². The fraction of sp³-hybridized carbons (Fsp3) is 0.368. The van der Waals surface area contributed by atoms with E-state index in [9.17, 15) is 9.90 Å². The van der Waals surface area contributed by atoms with Gasteiger partial charge in [-0.1, -0.05) is 0 Å². The first-order chi connectivity index (χ1) is 11.8. The molecule has 0 fully saturated rings. The molecule has 3 aromatic rings. The summed E-state index contributed by atoms with van der Waals surface area (Å²) in [6.07, 6.45) is 2.59. The van der Waals surface area contributed by atoms with Crippen LogP contribution in [-0.4, -0.2) is 32.3 Å². The maximum Gasteiger partial charge on any atom is 0.271 e. The third-order valence-electron chi connectivity index (χ3n) is 4.19. The quantitative estimate of drug-likeness (QED) is 0.682. The summed E-state index contributed by atoms with van der Waals surface area (Å²) in [6, 6.07) is 7.04. The van der Waals surface area contributed by atoms with Crippen molar-refractivity contribution in [1.82, 2.24) is 20.1 Å². The molecule has 2 aromatic heterocycles. The zero-order chi connectivity index (χ0) is 18.2. The molecule has 0 aliphatic carbocycles. The summed E-state index contributed by atoms with van der Waals surface area (Å²) in [4.78, 5) is 15.5. The molecular formula is C19H24N4O2. The molecule has 0 saturated carbocycles. The zero-order valence-corrected chi connectivity index (χ0v) is 15.1. The molecule has 6 heteroatoms. The minimum absolute atomic E-state index is 0.158. The van der Waals surface area contributed by atoms with E-state index in [-0.39, 0.29) is 17.2 Å². The van der Waals surface area contributed by atoms with Crippen molar-refractivity contribution >= 4 is 16.8 Å². The monoisotopic (exact) mass is 340 g/mol. The second-order valence-electron chi connectivity index (χ2n) is 7.30. The lowest BCUT2D eigenvalue weighted by Gasteiger charge is -2.21. The molecule has 0 saturated heterocycles. The number of phenolic OH excluding ortho intramolecular Hbond substituents is 1. The number of hydrogen-bond acceptors (Lipinski definition) is 3. The summed E-state index contributed by atoms with van der Waals surface area (Å²) < 4.78 is 1.87. The van der Waals surface area contributed by atoms with E-state index in [1.165, 1.54) is 0 Å². The van der Waals surface area contributed by atoms with Gasteiger partial charge in [-0.2, -0.15) is 5.10 Å². The van der Waals surface area contributed by atoms with Gasteiger partial charge in [0, 0.05) is 29.3 Å². The number of phenols is 1. The summed E-state index contributed by atoms with van der Waals surface area (Å²) in [5.41, 5.74) is 3.27. The van der Waals surface area contributed by atoms with Crippen LogP contribution in [0.15, 0.2) is 30.5 Å². The van der Waals surface area contributed by atoms with Crippen molar-refractivity contribution in [3.8, 4) is 5.75 Å². The van der Waals surface area contributed by atoms with Crippen LogP contribution >= 0.6 is 0 Å². The van der Waals surface area contributed by atoms with Crippen LogP contribution in [-0.2, 0) is 12.0 Å². The number of aromatic hydroxyl groups is 1. The number of H-pyrrole nitrogens is 1. The Kier molecular flexibility index (Phi) is 4.29. The molecule has 2 heterocycles. The van der Waals surface area contributed by atoms with Gasteiger partial charge >= 0.3 is 0 Å². The van der Waals surface area contributed by atoms with E-state index in [1.54, 1.807) is 12.1 Å². The lowest BCUT2D eigenvalue weighted by Crippen LogP contribution is -2.28. The lowest BCUT2D eigenvalue weighted by atomic mass is 10.1. The molecule has 1 amide bonds. The van der Waals surface area contributed by atoms with Gasteiger partial charge in [-0.05, 0) is 63.9 Å². The van der Waals surface area contributed by atoms with Crippen LogP contribution in [0.2, 0.25) is 0 Å². The molecule has 3 N–H and O–H groups in total. The summed E-state index contributed by atoms with van der Waals surface area (Å²) >= 11 is 0. The van der Waals surface area contributed by atoms with Gasteiger partial charge in [0.1, 0.15) is 11.4 Å². The molecule has 0 radical (unpaired) electrons. The van der Waals surface area contributed by atoms with Crippen molar-refractivity contribution in [3.05, 3.63) is 47.4 Å². The number of aryl methyl sites for hydroxylation is 1. The number of nitrogens with zero attached hydrogens (tertiary/aromatic N) is 2. The van der Waals surface area contributed by atoms with Gasteiger partial charge in [0.25, 0.3) is 5.91 Å². The van der Waals surface area contributed by atoms with Crippen molar-refractivity contribution < 1.29 is 9.90 Å². The summed E-state index contributed by atoms with van der Waals surface area (Å²) in [6.45, 7) is 8.62. The lowest BCUT2D eigenvalue weighted by molar-refractivity contribution is 0.0947. The van der Waals surface area contributed by atoms with E-state index < -0.39 is 0 Å². The number of amides is 1. The number of benzene rings is 1. The van der Waals surface area contributed by atoms with Crippen molar-refractivity contribution in [2.75, 3.05) is 6.54 Å². The predicted molar refractivity (Wildman–Crippen MR) is 98.0 cm³/mol. The zero-order valence-electron chi connectivity index (χ0n) is 15.1. The first-order valence-electron chi connectivity index (χ1n) is 8.40. The van der Waals surface area contributed by atoms with Crippen LogP contribution in [0.3, 0.4) is 0 Å². The first-order valence-corrected chi connectivity index (χ1v) is 8.40. The van der Waals surface area contributed by atoms with E-state index in [4.69, 9.17) is 0 Å². The Morgan fingerprint density at radius 2 is 2.08 bits per heavy atom. The van der Waals surface area contributed by atoms with Crippen molar-refractivity contribution in [1.29, 1.82) is 0 Å². The van der Waals surface area contributed by atoms with Gasteiger partial charge < -0.3 is 15.4 Å². The molecule has 1 aromatic carbocycles. The van der Waals surface area contributed by atoms with Crippen LogP contribution in [0, 0.1) is 6.92 Å². The normalized spacial score (nSPS) is 11.8. The number of rotatable bonds is 4. The molecule has 0 aliphatic rings. The predicted octanol–water partition coefficient (Wildman–Crippen LogP) is 3.11. The second kappa shape index (κ2) is 6.27. The van der Waals surface area contributed by atoms with E-state index >= 15 is 0 Å². The van der Waals surface area contributed by atoms with Crippen molar-refractivity contribution in [3.63, 3.8) is 0 Å². The molecule has 25 heavy (non-hydrogen) atoms. The topological polar surface area (TPSA) is 82.9 Å². The van der Waals surface area contributed by atoms with Gasteiger partial charge in [-0.15, -0.1) is 0 Å². The fourth-order valence-electron chi connectivity index (χ4n) is 3.04. The van der Waals surface area contributed by atoms with Gasteiger partial charge in [-0.25, -0.2) is 0 Å². The second-order valence-corrected chi connectivity index (χ2v) is 7.30. The standard InChI is InChI=1S/C19H24N4O2/c1-12-9-17(22-23(12)19(2,3)4)18(25)20-8-7-13-11-21-16-6-5-14(24)10-15(13)16/h5-6,9-11,21,24H,7-8H2,1-4H3,(H,20,25). The molecule has 6 nitrogen and oxygen atoms in total. The highest BCUT2D eigenvalue weighted by Gasteiger charge is 2.20. The number of aromatic nitrogens is 3. The highest BCUT2D eigenvalue weighted by atomic mass is 16.3. The first kappa shape index (κ1) is 17.1. The molecule has 0 unspecified atom stereocenters. The van der Waals surface area contributed by atoms with Crippen LogP contribution in [0.5, 0.6) is 5.75 Å². The third-order valence-corrected chi connectivity index (χ3v) is 4.19. The average molecular weight is 340 g/mol. The minimum atomic E-state index is -0.172. The smallest absolute Gasteiger partial charge is 0.271 e. The number of aromatic amines is 1. The summed E-state index contributed by atoms with van der Waals surface area (Å²) in [7, 11) is 0. The number of carbonyl (C=O) groups is 1. The highest BCUT2D eigenvalue weighted by Crippen LogP contribution is 2.23. The minimum Gasteiger partial charge on any atom is -0.508 e. The number of fused-ring (bicyclic) bond motifs is 1. The largest absolute Gasteiger partial charge is 0.508 e. The Balaban J connectivity index is 1.65. The SMILES string of the molecule is Cc1cc(C(=O)NCCc2c[nH]c3ccc(O)cc23)nn1C(C)(C)C. The van der Waals surface area contributed by atoms with E-state index in [0.717, 1.165) is 22.2 Å². The number of carbonyl (C=O) groups excluding carboxylic acids is 1. The summed E-state index contributed by atoms with van der Waals surface area (Å²) in [5.74, 6) is 0.0642. The molecule has 0 aliphatic heterocycles. The third kappa shape index (κ3) is 3.52. The van der Waals surface area contributed by atoms with Gasteiger partial charge in [0.2, 0.25) is 0 Å². The van der Waals surface area contributed by atoms with E-state index in [2.05, 4.69) is 36.2 Å². The van der Waals surface area contributed by atoms with Crippen LogP contribution in [0.1, 0.15) is 42.5 Å². The number of hydrogen-bond donors (Lipinski definition) is 3. The molecule has 0 spiro atoms. The molecule has 0 bridgehead atoms. The Labute approximate surface area is 146 Å². The van der Waals surface area contributed by atoms with Crippen molar-refractivity contribution in [2.45, 2.75) is 39.7 Å². The average Bonchev–Trinajstić information content (AvgIpc) is 3.10. The van der Waals surface area contributed by atoms with Crippen LogP contribution < -0.4 is 5.32 Å². The Bertz CT molecular complexity index is 915. The summed E-state index contributed by atoms with van der Waals surface area (Å²) in [5, 5.41) is 18.0. The maximum absolute atomic E-state index is 12.3. The highest BCUT2D eigenvalue weighted by molar-refractivity contribution is 5.92. The molecule has 3 rings (SSSR count). The Hall–Kier alpha value is -2.76. The molecular weight excluding hydrogens is 316 g/mol. The fourth-order valence-corrected chi connectivity index (χ4v) is 3.04. The van der Waals surface area contributed by atoms with E-state index in [0.29, 0.717) is 18.7 Å². The van der Waals surface area contributed by atoms with Crippen LogP contribution in [0.25, 0.3) is 10.9 Å². The molecule has 132 valence electrons. The Morgan fingerprint density at radius 3 is 2.76 bits per heavy atom. The van der Waals surface area contributed by atoms with Gasteiger partial charge in [0.05, 0.1) is 5.54 Å². The molecule has 0 atom stereocenters. The maximum atomic E-state index is 12.3. The van der Waals surface area contributed by atoms with Gasteiger partial charge in [-0.3, -0.25) is 9.48 Å². The number of nitrogens with one attached hydrogen (secondary N) is 2. The van der Waals surface area contributed by atoms with Crippen LogP contribution in [0.4, 0.5) is 0 Å².